The summed E-state index contributed by atoms with van der Waals surface area (Å²) in [4.78, 5) is 4.67. The Kier molecular flexibility index (Phi) is 4.22. The van der Waals surface area contributed by atoms with Crippen molar-refractivity contribution in [1.82, 2.24) is 4.90 Å². The van der Waals surface area contributed by atoms with Gasteiger partial charge in [0.25, 0.3) is 0 Å². The molecule has 3 rings (SSSR count). The number of halogens is 1. The van der Waals surface area contributed by atoms with Crippen molar-refractivity contribution in [1.29, 1.82) is 0 Å². The first-order valence-electron chi connectivity index (χ1n) is 7.75. The topological polar surface area (TPSA) is 32.5 Å². The molecular formula is C16H24FN3. The molecule has 1 heterocycles. The molecule has 0 unspecified atom stereocenters. The number of hydrogen-bond donors (Lipinski definition) is 1. The highest BCUT2D eigenvalue weighted by Gasteiger charge is 2.30. The van der Waals surface area contributed by atoms with Crippen molar-refractivity contribution in [2.45, 2.75) is 37.8 Å². The molecule has 2 aliphatic rings. The first-order chi connectivity index (χ1) is 9.75. The standard InChI is InChI=1S/C16H24FN3/c17-13-5-1-3-7-15(13)19-9-11-20(12-10-19)16-8-4-2-6-14(16)18/h1,3,5,7,14,16H,2,4,6,8-12,18H2/t14-,16-/m0/s1. The van der Waals surface area contributed by atoms with Crippen molar-refractivity contribution in [3.63, 3.8) is 0 Å². The van der Waals surface area contributed by atoms with E-state index in [4.69, 9.17) is 5.73 Å². The van der Waals surface area contributed by atoms with Gasteiger partial charge in [-0.05, 0) is 25.0 Å². The molecule has 0 amide bonds. The van der Waals surface area contributed by atoms with Gasteiger partial charge in [-0.3, -0.25) is 4.90 Å². The molecule has 0 bridgehead atoms. The molecule has 0 spiro atoms. The number of hydrogen-bond acceptors (Lipinski definition) is 3. The molecule has 3 nitrogen and oxygen atoms in total. The fraction of sp³-hybridized carbons (Fsp3) is 0.625. The number of rotatable bonds is 2. The van der Waals surface area contributed by atoms with Crippen LogP contribution in [0.4, 0.5) is 10.1 Å². The third-order valence-corrected chi connectivity index (χ3v) is 4.76. The number of nitrogens with zero attached hydrogens (tertiary/aromatic N) is 2. The van der Waals surface area contributed by atoms with Crippen LogP contribution in [0.15, 0.2) is 24.3 Å². The molecular weight excluding hydrogens is 253 g/mol. The smallest absolute Gasteiger partial charge is 0.146 e. The van der Waals surface area contributed by atoms with Crippen LogP contribution in [-0.2, 0) is 0 Å². The quantitative estimate of drug-likeness (QED) is 0.899. The summed E-state index contributed by atoms with van der Waals surface area (Å²) in [5.74, 6) is -0.115. The van der Waals surface area contributed by atoms with Crippen LogP contribution in [-0.4, -0.2) is 43.2 Å². The molecule has 1 aliphatic heterocycles. The monoisotopic (exact) mass is 277 g/mol. The van der Waals surface area contributed by atoms with Gasteiger partial charge in [0.05, 0.1) is 5.69 Å². The average molecular weight is 277 g/mol. The lowest BCUT2D eigenvalue weighted by atomic mass is 9.89. The predicted octanol–water partition coefficient (Wildman–Crippen LogP) is 2.22. The Morgan fingerprint density at radius 3 is 2.40 bits per heavy atom. The van der Waals surface area contributed by atoms with E-state index < -0.39 is 0 Å². The number of nitrogens with two attached hydrogens (primary N) is 1. The Morgan fingerprint density at radius 1 is 1.00 bits per heavy atom. The van der Waals surface area contributed by atoms with Crippen molar-refractivity contribution >= 4 is 5.69 Å². The highest BCUT2D eigenvalue weighted by Crippen LogP contribution is 2.25. The van der Waals surface area contributed by atoms with Gasteiger partial charge in [0.15, 0.2) is 0 Å². The molecule has 2 atom stereocenters. The Hall–Kier alpha value is -1.13. The Morgan fingerprint density at radius 2 is 1.70 bits per heavy atom. The Bertz CT molecular complexity index is 443. The third kappa shape index (κ3) is 2.81. The fourth-order valence-corrected chi connectivity index (χ4v) is 3.60. The van der Waals surface area contributed by atoms with Crippen LogP contribution in [0.5, 0.6) is 0 Å². The van der Waals surface area contributed by atoms with Crippen LogP contribution in [0.3, 0.4) is 0 Å². The summed E-state index contributed by atoms with van der Waals surface area (Å²) in [6.07, 6.45) is 4.94. The van der Waals surface area contributed by atoms with Gasteiger partial charge in [-0.15, -0.1) is 0 Å². The zero-order valence-electron chi connectivity index (χ0n) is 12.0. The molecule has 110 valence electrons. The minimum absolute atomic E-state index is 0.115. The summed E-state index contributed by atoms with van der Waals surface area (Å²) in [7, 11) is 0. The molecule has 0 aromatic heterocycles. The van der Waals surface area contributed by atoms with Gasteiger partial charge in [0.1, 0.15) is 5.82 Å². The molecule has 1 aromatic carbocycles. The Balaban J connectivity index is 1.61. The minimum Gasteiger partial charge on any atom is -0.367 e. The Labute approximate surface area is 120 Å². The van der Waals surface area contributed by atoms with Gasteiger partial charge in [-0.2, -0.15) is 0 Å². The van der Waals surface area contributed by atoms with E-state index in [1.165, 1.54) is 19.3 Å². The number of anilines is 1. The van der Waals surface area contributed by atoms with Crippen molar-refractivity contribution in [3.05, 3.63) is 30.1 Å². The second-order valence-electron chi connectivity index (χ2n) is 5.99. The van der Waals surface area contributed by atoms with Crippen LogP contribution in [0, 0.1) is 5.82 Å². The molecule has 2 N–H and O–H groups in total. The van der Waals surface area contributed by atoms with E-state index >= 15 is 0 Å². The fourth-order valence-electron chi connectivity index (χ4n) is 3.60. The number of para-hydroxylation sites is 1. The molecule has 1 saturated carbocycles. The number of piperazine rings is 1. The van der Waals surface area contributed by atoms with Gasteiger partial charge in [-0.1, -0.05) is 25.0 Å². The van der Waals surface area contributed by atoms with E-state index in [1.807, 2.05) is 12.1 Å². The normalized spacial score (nSPS) is 28.6. The summed E-state index contributed by atoms with van der Waals surface area (Å²) in [5, 5.41) is 0. The molecule has 1 aromatic rings. The molecule has 1 saturated heterocycles. The van der Waals surface area contributed by atoms with Crippen LogP contribution in [0.25, 0.3) is 0 Å². The van der Waals surface area contributed by atoms with E-state index in [0.717, 1.165) is 38.3 Å². The lowest BCUT2D eigenvalue weighted by molar-refractivity contribution is 0.130. The average Bonchev–Trinajstić information content (AvgIpc) is 2.49. The van der Waals surface area contributed by atoms with Gasteiger partial charge >= 0.3 is 0 Å². The zero-order valence-corrected chi connectivity index (χ0v) is 12.0. The minimum atomic E-state index is -0.115. The van der Waals surface area contributed by atoms with Crippen LogP contribution < -0.4 is 10.6 Å². The second-order valence-corrected chi connectivity index (χ2v) is 5.99. The maximum Gasteiger partial charge on any atom is 0.146 e. The van der Waals surface area contributed by atoms with Crippen LogP contribution in [0.2, 0.25) is 0 Å². The zero-order chi connectivity index (χ0) is 13.9. The van der Waals surface area contributed by atoms with Crippen LogP contribution in [0.1, 0.15) is 25.7 Å². The van der Waals surface area contributed by atoms with Gasteiger partial charge in [0.2, 0.25) is 0 Å². The maximum absolute atomic E-state index is 13.8. The molecule has 0 radical (unpaired) electrons. The lowest BCUT2D eigenvalue weighted by Crippen LogP contribution is -2.56. The molecule has 1 aliphatic carbocycles. The SMILES string of the molecule is N[C@H]1CCCC[C@@H]1N1CCN(c2ccccc2F)CC1. The lowest BCUT2D eigenvalue weighted by Gasteiger charge is -2.43. The van der Waals surface area contributed by atoms with Gasteiger partial charge in [0, 0.05) is 38.3 Å². The highest BCUT2D eigenvalue weighted by molar-refractivity contribution is 5.48. The first-order valence-corrected chi connectivity index (χ1v) is 7.75. The largest absolute Gasteiger partial charge is 0.367 e. The second kappa shape index (κ2) is 6.10. The number of benzene rings is 1. The van der Waals surface area contributed by atoms with Crippen LogP contribution >= 0.6 is 0 Å². The summed E-state index contributed by atoms with van der Waals surface area (Å²) in [5.41, 5.74) is 7.00. The van der Waals surface area contributed by atoms with E-state index in [2.05, 4.69) is 9.80 Å². The molecule has 2 fully saturated rings. The van der Waals surface area contributed by atoms with E-state index in [-0.39, 0.29) is 5.82 Å². The molecule has 20 heavy (non-hydrogen) atoms. The van der Waals surface area contributed by atoms with Gasteiger partial charge in [-0.25, -0.2) is 4.39 Å². The highest BCUT2D eigenvalue weighted by atomic mass is 19.1. The van der Waals surface area contributed by atoms with Crippen molar-refractivity contribution in [3.8, 4) is 0 Å². The molecule has 4 heteroatoms. The van der Waals surface area contributed by atoms with Crippen molar-refractivity contribution < 1.29 is 4.39 Å². The summed E-state index contributed by atoms with van der Waals surface area (Å²) in [6.45, 7) is 3.77. The van der Waals surface area contributed by atoms with E-state index in [0.29, 0.717) is 12.1 Å². The summed E-state index contributed by atoms with van der Waals surface area (Å²) >= 11 is 0. The maximum atomic E-state index is 13.8. The van der Waals surface area contributed by atoms with E-state index in [1.54, 1.807) is 12.1 Å². The van der Waals surface area contributed by atoms with E-state index in [9.17, 15) is 4.39 Å². The summed E-state index contributed by atoms with van der Waals surface area (Å²) in [6, 6.07) is 7.92. The van der Waals surface area contributed by atoms with Gasteiger partial charge < -0.3 is 10.6 Å². The van der Waals surface area contributed by atoms with Crippen molar-refractivity contribution in [2.24, 2.45) is 5.73 Å². The predicted molar refractivity (Wildman–Crippen MR) is 80.4 cm³/mol. The third-order valence-electron chi connectivity index (χ3n) is 4.76. The first kappa shape index (κ1) is 13.8. The summed E-state index contributed by atoms with van der Waals surface area (Å²) < 4.78 is 13.8. The van der Waals surface area contributed by atoms with Crippen molar-refractivity contribution in [2.75, 3.05) is 31.1 Å².